The van der Waals surface area contributed by atoms with Crippen molar-refractivity contribution in [2.45, 2.75) is 32.7 Å². The van der Waals surface area contributed by atoms with E-state index in [1.165, 1.54) is 4.90 Å². The number of pyridine rings is 1. The number of hydrogen-bond donors (Lipinski definition) is 1. The molecule has 1 saturated heterocycles. The van der Waals surface area contributed by atoms with Gasteiger partial charge in [-0.1, -0.05) is 44.2 Å². The standard InChI is InChI=1S/C27H26N2O4/c1-3-16-33-21-9-7-8-19(17-21)25(30)23-24(22-10-5-6-15-28-22)29(27(32)26(23)31)20-13-11-18(4-2)12-14-20/h5-15,17,24,30H,3-4,16H2,1-2H3/b25-23-. The Bertz CT molecular complexity index is 1190. The summed E-state index contributed by atoms with van der Waals surface area (Å²) in [6.07, 6.45) is 3.31. The van der Waals surface area contributed by atoms with Gasteiger partial charge in [0.25, 0.3) is 11.7 Å². The van der Waals surface area contributed by atoms with Crippen LogP contribution in [0.4, 0.5) is 5.69 Å². The number of carbonyl (C=O) groups excluding carboxylic acids is 2. The fraction of sp³-hybridized carbons (Fsp3) is 0.222. The molecule has 1 unspecified atom stereocenters. The van der Waals surface area contributed by atoms with E-state index < -0.39 is 17.7 Å². The van der Waals surface area contributed by atoms with Crippen LogP contribution in [0.25, 0.3) is 5.76 Å². The highest BCUT2D eigenvalue weighted by molar-refractivity contribution is 6.51. The third-order valence-electron chi connectivity index (χ3n) is 5.62. The van der Waals surface area contributed by atoms with Gasteiger partial charge in [0, 0.05) is 17.4 Å². The summed E-state index contributed by atoms with van der Waals surface area (Å²) in [5.74, 6) is -1.12. The Morgan fingerprint density at radius 2 is 1.82 bits per heavy atom. The smallest absolute Gasteiger partial charge is 0.300 e. The van der Waals surface area contributed by atoms with Crippen molar-refractivity contribution in [3.63, 3.8) is 0 Å². The van der Waals surface area contributed by atoms with Gasteiger partial charge in [0.2, 0.25) is 0 Å². The Morgan fingerprint density at radius 1 is 1.03 bits per heavy atom. The minimum atomic E-state index is -0.848. The summed E-state index contributed by atoms with van der Waals surface area (Å²) in [6, 6.07) is 18.8. The molecule has 1 amide bonds. The summed E-state index contributed by atoms with van der Waals surface area (Å²) in [4.78, 5) is 32.2. The highest BCUT2D eigenvalue weighted by atomic mass is 16.5. The van der Waals surface area contributed by atoms with Gasteiger partial charge in [-0.3, -0.25) is 19.5 Å². The molecule has 0 spiro atoms. The van der Waals surface area contributed by atoms with Crippen LogP contribution >= 0.6 is 0 Å². The molecule has 1 aromatic heterocycles. The van der Waals surface area contributed by atoms with Crippen LogP contribution in [0.3, 0.4) is 0 Å². The number of hydrogen-bond acceptors (Lipinski definition) is 5. The molecule has 0 radical (unpaired) electrons. The molecule has 0 bridgehead atoms. The molecule has 1 aliphatic rings. The number of carbonyl (C=O) groups is 2. The van der Waals surface area contributed by atoms with E-state index in [1.54, 1.807) is 48.7 Å². The van der Waals surface area contributed by atoms with Crippen LogP contribution in [0, 0.1) is 0 Å². The number of ketones is 1. The number of aromatic nitrogens is 1. The van der Waals surface area contributed by atoms with Crippen molar-refractivity contribution >= 4 is 23.1 Å². The summed E-state index contributed by atoms with van der Waals surface area (Å²) in [6.45, 7) is 4.59. The lowest BCUT2D eigenvalue weighted by Crippen LogP contribution is -2.29. The number of benzene rings is 2. The molecule has 6 nitrogen and oxygen atoms in total. The zero-order chi connectivity index (χ0) is 23.4. The molecule has 1 aliphatic heterocycles. The van der Waals surface area contributed by atoms with Gasteiger partial charge in [-0.05, 0) is 54.8 Å². The second-order valence-electron chi connectivity index (χ2n) is 7.82. The van der Waals surface area contributed by atoms with Crippen molar-refractivity contribution in [1.82, 2.24) is 4.98 Å². The molecule has 0 saturated carbocycles. The van der Waals surface area contributed by atoms with Crippen LogP contribution in [0.5, 0.6) is 5.75 Å². The first-order chi connectivity index (χ1) is 16.0. The summed E-state index contributed by atoms with van der Waals surface area (Å²) in [5.41, 5.74) is 2.60. The quantitative estimate of drug-likeness (QED) is 0.314. The average Bonchev–Trinajstić information content (AvgIpc) is 3.13. The number of anilines is 1. The molecule has 4 rings (SSSR count). The molecule has 1 fully saturated rings. The van der Waals surface area contributed by atoms with Crippen molar-refractivity contribution in [2.75, 3.05) is 11.5 Å². The second kappa shape index (κ2) is 9.69. The van der Waals surface area contributed by atoms with Gasteiger partial charge in [0.1, 0.15) is 17.6 Å². The van der Waals surface area contributed by atoms with Crippen LogP contribution in [0.1, 0.15) is 43.1 Å². The minimum Gasteiger partial charge on any atom is -0.507 e. The topological polar surface area (TPSA) is 79.7 Å². The predicted molar refractivity (Wildman–Crippen MR) is 127 cm³/mol. The van der Waals surface area contributed by atoms with Gasteiger partial charge >= 0.3 is 0 Å². The van der Waals surface area contributed by atoms with E-state index in [4.69, 9.17) is 4.74 Å². The second-order valence-corrected chi connectivity index (χ2v) is 7.82. The molecule has 2 heterocycles. The molecular formula is C27H26N2O4. The SMILES string of the molecule is CCCOc1cccc(/C(O)=C2/C(=O)C(=O)N(c3ccc(CC)cc3)C2c2ccccn2)c1. The van der Waals surface area contributed by atoms with Crippen LogP contribution in [0.2, 0.25) is 0 Å². The highest BCUT2D eigenvalue weighted by Crippen LogP contribution is 2.41. The normalized spacial score (nSPS) is 17.4. The van der Waals surface area contributed by atoms with E-state index in [1.807, 2.05) is 38.1 Å². The monoisotopic (exact) mass is 442 g/mol. The summed E-state index contributed by atoms with van der Waals surface area (Å²) >= 11 is 0. The number of aliphatic hydroxyl groups is 1. The lowest BCUT2D eigenvalue weighted by molar-refractivity contribution is -0.132. The molecule has 168 valence electrons. The molecular weight excluding hydrogens is 416 g/mol. The zero-order valence-corrected chi connectivity index (χ0v) is 18.7. The lowest BCUT2D eigenvalue weighted by atomic mass is 9.98. The Morgan fingerprint density at radius 3 is 2.48 bits per heavy atom. The highest BCUT2D eigenvalue weighted by Gasteiger charge is 2.47. The Hall–Kier alpha value is -3.93. The summed E-state index contributed by atoms with van der Waals surface area (Å²) in [7, 11) is 0. The Labute approximate surface area is 193 Å². The van der Waals surface area contributed by atoms with Crippen LogP contribution in [0.15, 0.2) is 78.5 Å². The largest absolute Gasteiger partial charge is 0.507 e. The number of amides is 1. The number of ether oxygens (including phenoxy) is 1. The molecule has 33 heavy (non-hydrogen) atoms. The van der Waals surface area contributed by atoms with E-state index in [0.29, 0.717) is 29.3 Å². The van der Waals surface area contributed by atoms with E-state index in [0.717, 1.165) is 18.4 Å². The first-order valence-corrected chi connectivity index (χ1v) is 11.1. The van der Waals surface area contributed by atoms with Gasteiger partial charge in [0.15, 0.2) is 0 Å². The maximum atomic E-state index is 13.2. The predicted octanol–water partition coefficient (Wildman–Crippen LogP) is 5.06. The van der Waals surface area contributed by atoms with E-state index in [-0.39, 0.29) is 11.3 Å². The Kier molecular flexibility index (Phi) is 6.54. The first kappa shape index (κ1) is 22.3. The number of aryl methyl sites for hydroxylation is 1. The number of Topliss-reactive ketones (excluding diaryl/α,β-unsaturated/α-hetero) is 1. The van der Waals surface area contributed by atoms with Gasteiger partial charge in [-0.15, -0.1) is 0 Å². The molecule has 2 aromatic carbocycles. The van der Waals surface area contributed by atoms with E-state index >= 15 is 0 Å². The lowest BCUT2D eigenvalue weighted by Gasteiger charge is -2.24. The fourth-order valence-electron chi connectivity index (χ4n) is 3.92. The molecule has 3 aromatic rings. The van der Waals surface area contributed by atoms with E-state index in [2.05, 4.69) is 4.98 Å². The molecule has 1 atom stereocenters. The van der Waals surface area contributed by atoms with Crippen molar-refractivity contribution in [3.8, 4) is 5.75 Å². The third-order valence-corrected chi connectivity index (χ3v) is 5.62. The molecule has 1 N–H and O–H groups in total. The Balaban J connectivity index is 1.85. The number of nitrogens with zero attached hydrogens (tertiary/aromatic N) is 2. The first-order valence-electron chi connectivity index (χ1n) is 11.1. The molecule has 6 heteroatoms. The van der Waals surface area contributed by atoms with Crippen molar-refractivity contribution in [2.24, 2.45) is 0 Å². The number of rotatable bonds is 7. The van der Waals surface area contributed by atoms with Crippen LogP contribution < -0.4 is 9.64 Å². The van der Waals surface area contributed by atoms with Gasteiger partial charge < -0.3 is 9.84 Å². The van der Waals surface area contributed by atoms with Gasteiger partial charge in [-0.25, -0.2) is 0 Å². The summed E-state index contributed by atoms with van der Waals surface area (Å²) in [5, 5.41) is 11.2. The molecule has 0 aliphatic carbocycles. The maximum absolute atomic E-state index is 13.2. The zero-order valence-electron chi connectivity index (χ0n) is 18.7. The average molecular weight is 443 g/mol. The minimum absolute atomic E-state index is 0.00547. The third kappa shape index (κ3) is 4.37. The van der Waals surface area contributed by atoms with Crippen molar-refractivity contribution in [1.29, 1.82) is 0 Å². The van der Waals surface area contributed by atoms with Crippen LogP contribution in [-0.2, 0) is 16.0 Å². The fourth-order valence-corrected chi connectivity index (χ4v) is 3.92. The van der Waals surface area contributed by atoms with Gasteiger partial charge in [-0.2, -0.15) is 0 Å². The summed E-state index contributed by atoms with van der Waals surface area (Å²) < 4.78 is 5.67. The number of aliphatic hydroxyl groups excluding tert-OH is 1. The van der Waals surface area contributed by atoms with Crippen LogP contribution in [-0.4, -0.2) is 28.4 Å². The maximum Gasteiger partial charge on any atom is 0.300 e. The van der Waals surface area contributed by atoms with Crippen molar-refractivity contribution < 1.29 is 19.4 Å². The van der Waals surface area contributed by atoms with E-state index in [9.17, 15) is 14.7 Å². The van der Waals surface area contributed by atoms with Crippen molar-refractivity contribution in [3.05, 3.63) is 95.3 Å². The van der Waals surface area contributed by atoms with Gasteiger partial charge in [0.05, 0.1) is 17.9 Å².